The van der Waals surface area contributed by atoms with Gasteiger partial charge < -0.3 is 10.1 Å². The number of unbranched alkanes of at least 4 members (excludes halogenated alkanes) is 3. The zero-order valence-corrected chi connectivity index (χ0v) is 16.0. The quantitative estimate of drug-likeness (QED) is 0.517. The summed E-state index contributed by atoms with van der Waals surface area (Å²) in [4.78, 5) is 12.6. The standard InChI is InChI=1S/C19H21BrClNO2/c1-2-3-4-5-11-24-18-10-9-14(20)12-17(18)19(23)22-16-8-6-7-15(21)13-16/h6-10,12-13H,2-5,11H2,1H3,(H,22,23). The largest absolute Gasteiger partial charge is 0.493 e. The van der Waals surface area contributed by atoms with E-state index in [1.807, 2.05) is 12.1 Å². The van der Waals surface area contributed by atoms with E-state index < -0.39 is 0 Å². The van der Waals surface area contributed by atoms with Crippen molar-refractivity contribution >= 4 is 39.1 Å². The number of amides is 1. The maximum absolute atomic E-state index is 12.6. The Morgan fingerprint density at radius 1 is 1.17 bits per heavy atom. The number of carbonyl (C=O) groups is 1. The van der Waals surface area contributed by atoms with Gasteiger partial charge in [-0.1, -0.05) is 59.8 Å². The van der Waals surface area contributed by atoms with Crippen molar-refractivity contribution in [2.75, 3.05) is 11.9 Å². The van der Waals surface area contributed by atoms with E-state index in [1.54, 1.807) is 30.3 Å². The molecule has 0 aliphatic heterocycles. The molecule has 0 heterocycles. The summed E-state index contributed by atoms with van der Waals surface area (Å²) in [6.45, 7) is 2.78. The van der Waals surface area contributed by atoms with E-state index in [1.165, 1.54) is 12.8 Å². The summed E-state index contributed by atoms with van der Waals surface area (Å²) in [5, 5.41) is 3.43. The molecule has 0 fully saturated rings. The fourth-order valence-electron chi connectivity index (χ4n) is 2.28. The second kappa shape index (κ2) is 9.70. The van der Waals surface area contributed by atoms with Crippen molar-refractivity contribution in [2.45, 2.75) is 32.6 Å². The van der Waals surface area contributed by atoms with Crippen LogP contribution in [0.15, 0.2) is 46.9 Å². The van der Waals surface area contributed by atoms with Gasteiger partial charge in [0.2, 0.25) is 0 Å². The number of nitrogens with one attached hydrogen (secondary N) is 1. The number of ether oxygens (including phenoxy) is 1. The lowest BCUT2D eigenvalue weighted by molar-refractivity contribution is 0.102. The molecule has 2 aromatic rings. The molecule has 5 heteroatoms. The fourth-order valence-corrected chi connectivity index (χ4v) is 2.83. The summed E-state index contributed by atoms with van der Waals surface area (Å²) < 4.78 is 6.64. The van der Waals surface area contributed by atoms with Gasteiger partial charge in [-0.2, -0.15) is 0 Å². The summed E-state index contributed by atoms with van der Waals surface area (Å²) in [5.41, 5.74) is 1.15. The Balaban J connectivity index is 2.06. The van der Waals surface area contributed by atoms with Gasteiger partial charge in [-0.25, -0.2) is 0 Å². The normalized spacial score (nSPS) is 10.5. The molecule has 0 unspecified atom stereocenters. The first kappa shape index (κ1) is 18.8. The highest BCUT2D eigenvalue weighted by Gasteiger charge is 2.14. The van der Waals surface area contributed by atoms with Crippen molar-refractivity contribution in [3.8, 4) is 5.75 Å². The maximum atomic E-state index is 12.6. The Hall–Kier alpha value is -1.52. The van der Waals surface area contributed by atoms with E-state index >= 15 is 0 Å². The number of carbonyl (C=O) groups excluding carboxylic acids is 1. The van der Waals surface area contributed by atoms with Crippen molar-refractivity contribution in [1.29, 1.82) is 0 Å². The molecule has 0 aliphatic carbocycles. The number of benzene rings is 2. The Kier molecular flexibility index (Phi) is 7.60. The zero-order chi connectivity index (χ0) is 17.4. The molecule has 2 rings (SSSR count). The van der Waals surface area contributed by atoms with Gasteiger partial charge in [-0.3, -0.25) is 4.79 Å². The predicted molar refractivity (Wildman–Crippen MR) is 103 cm³/mol. The van der Waals surface area contributed by atoms with Gasteiger partial charge in [0.15, 0.2) is 0 Å². The molecule has 0 aliphatic rings. The highest BCUT2D eigenvalue weighted by Crippen LogP contribution is 2.25. The third kappa shape index (κ3) is 5.84. The molecule has 2 aromatic carbocycles. The predicted octanol–water partition coefficient (Wildman–Crippen LogP) is 6.31. The Morgan fingerprint density at radius 2 is 2.00 bits per heavy atom. The van der Waals surface area contributed by atoms with Crippen molar-refractivity contribution in [3.05, 3.63) is 57.5 Å². The average Bonchev–Trinajstić information content (AvgIpc) is 2.55. The van der Waals surface area contributed by atoms with Crippen LogP contribution in [0.25, 0.3) is 0 Å². The first-order valence-corrected chi connectivity index (χ1v) is 9.26. The number of anilines is 1. The Morgan fingerprint density at radius 3 is 2.75 bits per heavy atom. The lowest BCUT2D eigenvalue weighted by atomic mass is 10.1. The molecule has 128 valence electrons. The van der Waals surface area contributed by atoms with Crippen molar-refractivity contribution < 1.29 is 9.53 Å². The van der Waals surface area contributed by atoms with E-state index in [9.17, 15) is 4.79 Å². The average molecular weight is 411 g/mol. The van der Waals surface area contributed by atoms with Gasteiger partial charge in [0.1, 0.15) is 5.75 Å². The van der Waals surface area contributed by atoms with Crippen LogP contribution < -0.4 is 10.1 Å². The molecule has 1 N–H and O–H groups in total. The third-order valence-electron chi connectivity index (χ3n) is 3.52. The minimum absolute atomic E-state index is 0.220. The van der Waals surface area contributed by atoms with E-state index in [-0.39, 0.29) is 5.91 Å². The van der Waals surface area contributed by atoms with Gasteiger partial charge in [0, 0.05) is 15.2 Å². The van der Waals surface area contributed by atoms with Gasteiger partial charge in [-0.15, -0.1) is 0 Å². The summed E-state index contributed by atoms with van der Waals surface area (Å²) in [6, 6.07) is 12.5. The summed E-state index contributed by atoms with van der Waals surface area (Å²) in [5.74, 6) is 0.372. The van der Waals surface area contributed by atoms with Gasteiger partial charge >= 0.3 is 0 Å². The minimum atomic E-state index is -0.220. The molecule has 0 spiro atoms. The lowest BCUT2D eigenvalue weighted by Gasteiger charge is -2.12. The summed E-state index contributed by atoms with van der Waals surface area (Å²) in [7, 11) is 0. The molecule has 24 heavy (non-hydrogen) atoms. The molecular weight excluding hydrogens is 390 g/mol. The topological polar surface area (TPSA) is 38.3 Å². The van der Waals surface area contributed by atoms with E-state index in [2.05, 4.69) is 28.2 Å². The second-order valence-corrected chi connectivity index (χ2v) is 6.87. The number of rotatable bonds is 8. The van der Waals surface area contributed by atoms with Gasteiger partial charge in [0.05, 0.1) is 12.2 Å². The molecule has 1 amide bonds. The first-order chi connectivity index (χ1) is 11.6. The summed E-state index contributed by atoms with van der Waals surface area (Å²) >= 11 is 9.36. The first-order valence-electron chi connectivity index (χ1n) is 8.09. The van der Waals surface area contributed by atoms with Gasteiger partial charge in [0.25, 0.3) is 5.91 Å². The van der Waals surface area contributed by atoms with Crippen LogP contribution in [0.5, 0.6) is 5.75 Å². The molecule has 0 bridgehead atoms. The van der Waals surface area contributed by atoms with Crippen LogP contribution in [-0.2, 0) is 0 Å². The van der Waals surface area contributed by atoms with Crippen LogP contribution in [0.4, 0.5) is 5.69 Å². The summed E-state index contributed by atoms with van der Waals surface area (Å²) in [6.07, 6.45) is 4.51. The van der Waals surface area contributed by atoms with Crippen LogP contribution in [0.1, 0.15) is 43.0 Å². The number of halogens is 2. The Labute approximate surface area is 156 Å². The van der Waals surface area contributed by atoms with E-state index in [0.717, 1.165) is 17.3 Å². The zero-order valence-electron chi connectivity index (χ0n) is 13.6. The molecule has 0 saturated heterocycles. The smallest absolute Gasteiger partial charge is 0.259 e. The van der Waals surface area contributed by atoms with Gasteiger partial charge in [-0.05, 0) is 42.8 Å². The van der Waals surface area contributed by atoms with Crippen molar-refractivity contribution in [2.24, 2.45) is 0 Å². The minimum Gasteiger partial charge on any atom is -0.493 e. The molecule has 0 aromatic heterocycles. The fraction of sp³-hybridized carbons (Fsp3) is 0.316. The molecular formula is C19H21BrClNO2. The van der Waals surface area contributed by atoms with Crippen molar-refractivity contribution in [3.63, 3.8) is 0 Å². The second-order valence-electron chi connectivity index (χ2n) is 5.51. The van der Waals surface area contributed by atoms with Crippen molar-refractivity contribution in [1.82, 2.24) is 0 Å². The maximum Gasteiger partial charge on any atom is 0.259 e. The van der Waals surface area contributed by atoms with Crippen LogP contribution in [0.3, 0.4) is 0 Å². The highest BCUT2D eigenvalue weighted by molar-refractivity contribution is 9.10. The highest BCUT2D eigenvalue weighted by atomic mass is 79.9. The van der Waals surface area contributed by atoms with Crippen LogP contribution in [-0.4, -0.2) is 12.5 Å². The lowest BCUT2D eigenvalue weighted by Crippen LogP contribution is -2.14. The monoisotopic (exact) mass is 409 g/mol. The SMILES string of the molecule is CCCCCCOc1ccc(Br)cc1C(=O)Nc1cccc(Cl)c1. The Bertz CT molecular complexity index is 691. The number of hydrogen-bond donors (Lipinski definition) is 1. The molecule has 3 nitrogen and oxygen atoms in total. The van der Waals surface area contributed by atoms with E-state index in [0.29, 0.717) is 28.6 Å². The molecule has 0 atom stereocenters. The molecule has 0 radical (unpaired) electrons. The van der Waals surface area contributed by atoms with Crippen LogP contribution in [0.2, 0.25) is 5.02 Å². The van der Waals surface area contributed by atoms with Crippen LogP contribution in [0, 0.1) is 0 Å². The third-order valence-corrected chi connectivity index (χ3v) is 4.25. The van der Waals surface area contributed by atoms with E-state index in [4.69, 9.17) is 16.3 Å². The number of hydrogen-bond acceptors (Lipinski definition) is 2. The van der Waals surface area contributed by atoms with Crippen LogP contribution >= 0.6 is 27.5 Å². The molecule has 0 saturated carbocycles.